The molecule has 4 nitrogen and oxygen atoms in total. The molecule has 0 atom stereocenters. The van der Waals surface area contributed by atoms with E-state index in [2.05, 4.69) is 0 Å². The van der Waals surface area contributed by atoms with E-state index in [1.165, 1.54) is 7.11 Å². The van der Waals surface area contributed by atoms with Crippen LogP contribution >= 0.6 is 0 Å². The van der Waals surface area contributed by atoms with Gasteiger partial charge in [0.2, 0.25) is 0 Å². The number of hydrogen-bond donors (Lipinski definition) is 1. The van der Waals surface area contributed by atoms with Gasteiger partial charge in [0.15, 0.2) is 6.79 Å². The van der Waals surface area contributed by atoms with Crippen LogP contribution in [0.2, 0.25) is 0 Å². The number of carbonyl (C=O) groups is 1. The van der Waals surface area contributed by atoms with Crippen LogP contribution < -0.4 is 4.74 Å². The van der Waals surface area contributed by atoms with Gasteiger partial charge in [-0.25, -0.2) is 4.79 Å². The standard InChI is InChI=1S/C19H20O4/c1-3-17(14-8-5-4-6-9-14)18(19(20)21)15-10-7-11-16(12-15)23-13-22-2/h4-12H,3,13H2,1-2H3,(H,20,21)/b18-17+. The zero-order valence-corrected chi connectivity index (χ0v) is 13.3. The second-order valence-corrected chi connectivity index (χ2v) is 4.96. The molecular weight excluding hydrogens is 292 g/mol. The van der Waals surface area contributed by atoms with E-state index in [0.29, 0.717) is 23.3 Å². The highest BCUT2D eigenvalue weighted by molar-refractivity contribution is 6.23. The monoisotopic (exact) mass is 312 g/mol. The van der Waals surface area contributed by atoms with E-state index in [-0.39, 0.29) is 6.79 Å². The van der Waals surface area contributed by atoms with E-state index in [1.54, 1.807) is 24.3 Å². The van der Waals surface area contributed by atoms with Gasteiger partial charge in [-0.3, -0.25) is 0 Å². The summed E-state index contributed by atoms with van der Waals surface area (Å²) in [7, 11) is 1.54. The van der Waals surface area contributed by atoms with Gasteiger partial charge in [-0.05, 0) is 35.3 Å². The smallest absolute Gasteiger partial charge is 0.336 e. The van der Waals surface area contributed by atoms with Crippen molar-refractivity contribution in [3.63, 3.8) is 0 Å². The van der Waals surface area contributed by atoms with Crippen molar-refractivity contribution in [2.45, 2.75) is 13.3 Å². The van der Waals surface area contributed by atoms with E-state index in [4.69, 9.17) is 9.47 Å². The number of carboxylic acids is 1. The number of rotatable bonds is 7. The van der Waals surface area contributed by atoms with Crippen LogP contribution in [-0.4, -0.2) is 25.0 Å². The first kappa shape index (κ1) is 16.8. The third-order valence-electron chi connectivity index (χ3n) is 3.46. The van der Waals surface area contributed by atoms with Crippen molar-refractivity contribution in [3.8, 4) is 5.75 Å². The first-order chi connectivity index (χ1) is 11.2. The third-order valence-corrected chi connectivity index (χ3v) is 3.46. The average molecular weight is 312 g/mol. The van der Waals surface area contributed by atoms with Crippen molar-refractivity contribution in [2.24, 2.45) is 0 Å². The summed E-state index contributed by atoms with van der Waals surface area (Å²) < 4.78 is 10.3. The summed E-state index contributed by atoms with van der Waals surface area (Å²) in [5.74, 6) is -0.374. The number of ether oxygens (including phenoxy) is 2. The van der Waals surface area contributed by atoms with Gasteiger partial charge in [0.05, 0.1) is 5.57 Å². The van der Waals surface area contributed by atoms with Gasteiger partial charge in [-0.15, -0.1) is 0 Å². The molecule has 120 valence electrons. The second kappa shape index (κ2) is 8.15. The molecule has 0 aromatic heterocycles. The van der Waals surface area contributed by atoms with Gasteiger partial charge in [0.1, 0.15) is 5.75 Å². The fourth-order valence-corrected chi connectivity index (χ4v) is 2.46. The molecule has 0 radical (unpaired) electrons. The molecule has 0 spiro atoms. The normalized spacial score (nSPS) is 11.7. The van der Waals surface area contributed by atoms with E-state index in [0.717, 1.165) is 11.1 Å². The Labute approximate surface area is 136 Å². The Hall–Kier alpha value is -2.59. The molecular formula is C19H20O4. The topological polar surface area (TPSA) is 55.8 Å². The lowest BCUT2D eigenvalue weighted by Gasteiger charge is -2.13. The Balaban J connectivity index is 2.53. The Bertz CT molecular complexity index is 690. The third kappa shape index (κ3) is 4.20. The highest BCUT2D eigenvalue weighted by atomic mass is 16.7. The lowest BCUT2D eigenvalue weighted by atomic mass is 9.93. The Morgan fingerprint density at radius 2 is 1.74 bits per heavy atom. The van der Waals surface area contributed by atoms with Crippen LogP contribution in [0.5, 0.6) is 5.75 Å². The molecule has 0 fully saturated rings. The van der Waals surface area contributed by atoms with Crippen molar-refractivity contribution < 1.29 is 19.4 Å². The molecule has 0 aliphatic rings. The van der Waals surface area contributed by atoms with Gasteiger partial charge >= 0.3 is 5.97 Å². The van der Waals surface area contributed by atoms with Crippen LogP contribution in [0.4, 0.5) is 0 Å². The molecule has 1 N–H and O–H groups in total. The minimum absolute atomic E-state index is 0.120. The summed E-state index contributed by atoms with van der Waals surface area (Å²) in [4.78, 5) is 11.9. The Morgan fingerprint density at radius 1 is 1.04 bits per heavy atom. The van der Waals surface area contributed by atoms with Crippen LogP contribution in [0.25, 0.3) is 11.1 Å². The molecule has 0 unspecified atom stereocenters. The Morgan fingerprint density at radius 3 is 2.35 bits per heavy atom. The largest absolute Gasteiger partial charge is 0.478 e. The molecule has 0 saturated carbocycles. The number of carboxylic acid groups (broad SMARTS) is 1. The van der Waals surface area contributed by atoms with E-state index < -0.39 is 5.97 Å². The van der Waals surface area contributed by atoms with Crippen molar-refractivity contribution in [1.29, 1.82) is 0 Å². The van der Waals surface area contributed by atoms with E-state index >= 15 is 0 Å². The highest BCUT2D eigenvalue weighted by Crippen LogP contribution is 2.30. The molecule has 0 aliphatic carbocycles. The average Bonchev–Trinajstić information content (AvgIpc) is 2.58. The van der Waals surface area contributed by atoms with E-state index in [9.17, 15) is 9.90 Å². The predicted molar refractivity (Wildman–Crippen MR) is 90.1 cm³/mol. The van der Waals surface area contributed by atoms with Crippen LogP contribution in [0.1, 0.15) is 24.5 Å². The minimum Gasteiger partial charge on any atom is -0.478 e. The molecule has 0 heterocycles. The van der Waals surface area contributed by atoms with Crippen LogP contribution in [-0.2, 0) is 9.53 Å². The van der Waals surface area contributed by atoms with Gasteiger partial charge in [0.25, 0.3) is 0 Å². The lowest BCUT2D eigenvalue weighted by Crippen LogP contribution is -2.05. The van der Waals surface area contributed by atoms with Gasteiger partial charge in [0, 0.05) is 7.11 Å². The molecule has 0 amide bonds. The summed E-state index contributed by atoms with van der Waals surface area (Å²) in [5.41, 5.74) is 2.62. The number of methoxy groups -OCH3 is 1. The molecule has 2 aromatic carbocycles. The van der Waals surface area contributed by atoms with Crippen molar-refractivity contribution in [1.82, 2.24) is 0 Å². The first-order valence-electron chi connectivity index (χ1n) is 7.41. The fourth-order valence-electron chi connectivity index (χ4n) is 2.46. The van der Waals surface area contributed by atoms with Crippen molar-refractivity contribution in [2.75, 3.05) is 13.9 Å². The molecule has 2 rings (SSSR count). The van der Waals surface area contributed by atoms with Gasteiger partial charge in [-0.1, -0.05) is 49.4 Å². The molecule has 23 heavy (non-hydrogen) atoms. The van der Waals surface area contributed by atoms with Crippen LogP contribution in [0.15, 0.2) is 54.6 Å². The predicted octanol–water partition coefficient (Wildman–Crippen LogP) is 4.07. The van der Waals surface area contributed by atoms with Crippen molar-refractivity contribution >= 4 is 17.1 Å². The zero-order chi connectivity index (χ0) is 16.7. The van der Waals surface area contributed by atoms with E-state index in [1.807, 2.05) is 37.3 Å². The van der Waals surface area contributed by atoms with Crippen LogP contribution in [0, 0.1) is 0 Å². The lowest BCUT2D eigenvalue weighted by molar-refractivity contribution is -0.130. The zero-order valence-electron chi connectivity index (χ0n) is 13.3. The highest BCUT2D eigenvalue weighted by Gasteiger charge is 2.17. The number of aliphatic carboxylic acids is 1. The van der Waals surface area contributed by atoms with Gasteiger partial charge < -0.3 is 14.6 Å². The Kier molecular flexibility index (Phi) is 5.94. The number of benzene rings is 2. The maximum absolute atomic E-state index is 11.9. The summed E-state index contributed by atoms with van der Waals surface area (Å²) in [5, 5.41) is 9.73. The molecule has 0 aliphatic heterocycles. The molecule has 4 heteroatoms. The summed E-state index contributed by atoms with van der Waals surface area (Å²) in [6.45, 7) is 2.07. The maximum atomic E-state index is 11.9. The summed E-state index contributed by atoms with van der Waals surface area (Å²) in [6, 6.07) is 16.6. The summed E-state index contributed by atoms with van der Waals surface area (Å²) >= 11 is 0. The quantitative estimate of drug-likeness (QED) is 0.475. The van der Waals surface area contributed by atoms with Crippen molar-refractivity contribution in [3.05, 3.63) is 65.7 Å². The minimum atomic E-state index is -0.949. The fraction of sp³-hybridized carbons (Fsp3) is 0.211. The number of hydrogen-bond acceptors (Lipinski definition) is 3. The summed E-state index contributed by atoms with van der Waals surface area (Å²) in [6.07, 6.45) is 0.620. The molecule has 2 aromatic rings. The molecule has 0 saturated heterocycles. The first-order valence-corrected chi connectivity index (χ1v) is 7.41. The maximum Gasteiger partial charge on any atom is 0.336 e. The number of allylic oxidation sites excluding steroid dienone is 1. The molecule has 0 bridgehead atoms. The van der Waals surface area contributed by atoms with Crippen LogP contribution in [0.3, 0.4) is 0 Å². The second-order valence-electron chi connectivity index (χ2n) is 4.96. The van der Waals surface area contributed by atoms with Gasteiger partial charge in [-0.2, -0.15) is 0 Å². The SMILES string of the molecule is CC/C(=C(\C(=O)O)c1cccc(OCOC)c1)c1ccccc1.